The monoisotopic (exact) mass is 353 g/mol. The van der Waals surface area contributed by atoms with Gasteiger partial charge in [0, 0.05) is 24.2 Å². The van der Waals surface area contributed by atoms with Crippen molar-refractivity contribution in [1.82, 2.24) is 15.0 Å². The largest absolute Gasteiger partial charge is 0.471 e. The molecular weight excluding hydrogens is 339 g/mol. The lowest BCUT2D eigenvalue weighted by Gasteiger charge is -2.38. The lowest BCUT2D eigenvalue weighted by Crippen LogP contribution is -2.56. The fraction of sp³-hybridized carbons (Fsp3) is 0.438. The Balaban J connectivity index is 1.33. The molecule has 2 aliphatic rings. The third-order valence-corrected chi connectivity index (χ3v) is 4.21. The van der Waals surface area contributed by atoms with Crippen molar-refractivity contribution in [3.63, 3.8) is 0 Å². The van der Waals surface area contributed by atoms with Crippen LogP contribution < -0.4 is 4.74 Å². The van der Waals surface area contributed by atoms with Gasteiger partial charge in [-0.05, 0) is 18.9 Å². The van der Waals surface area contributed by atoms with Gasteiger partial charge in [0.25, 0.3) is 5.91 Å². The average Bonchev–Trinajstić information content (AvgIpc) is 3.26. The van der Waals surface area contributed by atoms with Crippen LogP contribution in [-0.2, 0) is 6.18 Å². The normalized spacial score (nSPS) is 18.1. The van der Waals surface area contributed by atoms with E-state index in [2.05, 4.69) is 10.1 Å². The van der Waals surface area contributed by atoms with E-state index in [1.807, 2.05) is 0 Å². The highest BCUT2D eigenvalue weighted by molar-refractivity contribution is 5.92. The van der Waals surface area contributed by atoms with Gasteiger partial charge in [-0.1, -0.05) is 5.16 Å². The topological polar surface area (TPSA) is 68.5 Å². The van der Waals surface area contributed by atoms with Gasteiger partial charge >= 0.3 is 6.18 Å². The van der Waals surface area contributed by atoms with Gasteiger partial charge in [-0.2, -0.15) is 13.2 Å². The average molecular weight is 353 g/mol. The molecule has 0 spiro atoms. The van der Waals surface area contributed by atoms with Gasteiger partial charge in [0.2, 0.25) is 5.88 Å². The summed E-state index contributed by atoms with van der Waals surface area (Å²) in [5.41, 5.74) is -0.572. The summed E-state index contributed by atoms with van der Waals surface area (Å²) in [5, 5.41) is 3.78. The third kappa shape index (κ3) is 3.31. The number of carbonyl (C=O) groups is 1. The van der Waals surface area contributed by atoms with Crippen LogP contribution in [0.3, 0.4) is 0 Å². The zero-order valence-electron chi connectivity index (χ0n) is 13.0. The molecule has 132 valence electrons. The highest BCUT2D eigenvalue weighted by Crippen LogP contribution is 2.40. The minimum absolute atomic E-state index is 0.107. The lowest BCUT2D eigenvalue weighted by molar-refractivity contribution is -0.137. The number of hydrogen-bond donors (Lipinski definition) is 0. The molecule has 1 aliphatic carbocycles. The summed E-state index contributed by atoms with van der Waals surface area (Å²) in [6.07, 6.45) is -1.70. The fourth-order valence-corrected chi connectivity index (χ4v) is 2.61. The van der Waals surface area contributed by atoms with Crippen LogP contribution >= 0.6 is 0 Å². The summed E-state index contributed by atoms with van der Waals surface area (Å²) < 4.78 is 48.6. The molecule has 25 heavy (non-hydrogen) atoms. The van der Waals surface area contributed by atoms with Crippen LogP contribution in [-0.4, -0.2) is 40.1 Å². The van der Waals surface area contributed by atoms with Gasteiger partial charge in [-0.25, -0.2) is 4.98 Å². The molecule has 6 nitrogen and oxygen atoms in total. The van der Waals surface area contributed by atoms with Gasteiger partial charge in [-0.3, -0.25) is 4.79 Å². The summed E-state index contributed by atoms with van der Waals surface area (Å²) in [4.78, 5) is 17.5. The van der Waals surface area contributed by atoms with Crippen LogP contribution in [0.5, 0.6) is 5.88 Å². The Hall–Kier alpha value is -2.58. The molecule has 1 amide bonds. The van der Waals surface area contributed by atoms with E-state index in [0.29, 0.717) is 5.92 Å². The first-order chi connectivity index (χ1) is 11.9. The Morgan fingerprint density at radius 1 is 1.28 bits per heavy atom. The van der Waals surface area contributed by atoms with Crippen molar-refractivity contribution in [2.24, 2.45) is 0 Å². The molecule has 2 fully saturated rings. The molecule has 1 aliphatic heterocycles. The summed E-state index contributed by atoms with van der Waals surface area (Å²) >= 11 is 0. The zero-order valence-corrected chi connectivity index (χ0v) is 13.0. The van der Waals surface area contributed by atoms with Crippen molar-refractivity contribution in [1.29, 1.82) is 0 Å². The molecule has 0 bridgehead atoms. The molecule has 9 heteroatoms. The van der Waals surface area contributed by atoms with Gasteiger partial charge < -0.3 is 14.2 Å². The minimum Gasteiger partial charge on any atom is -0.471 e. The minimum atomic E-state index is -4.45. The molecule has 3 heterocycles. The number of ether oxygens (including phenoxy) is 1. The van der Waals surface area contributed by atoms with Crippen molar-refractivity contribution >= 4 is 5.91 Å². The first-order valence-corrected chi connectivity index (χ1v) is 7.86. The van der Waals surface area contributed by atoms with Gasteiger partial charge in [0.1, 0.15) is 11.9 Å². The molecular formula is C16H14F3N3O3. The number of pyridine rings is 1. The number of hydrogen-bond acceptors (Lipinski definition) is 5. The maximum atomic E-state index is 12.7. The summed E-state index contributed by atoms with van der Waals surface area (Å²) in [5.74, 6) is 0.718. The Morgan fingerprint density at radius 3 is 2.72 bits per heavy atom. The van der Waals surface area contributed by atoms with Crippen LogP contribution in [0.2, 0.25) is 0 Å². The number of amides is 1. The predicted molar refractivity (Wildman–Crippen MR) is 78.0 cm³/mol. The maximum absolute atomic E-state index is 12.7. The number of rotatable bonds is 4. The molecule has 1 saturated carbocycles. The smallest absolute Gasteiger partial charge is 0.416 e. The second-order valence-corrected chi connectivity index (χ2v) is 6.22. The van der Waals surface area contributed by atoms with Crippen molar-refractivity contribution < 1.29 is 27.2 Å². The number of halogens is 3. The van der Waals surface area contributed by atoms with Gasteiger partial charge in [0.15, 0.2) is 5.69 Å². The third-order valence-electron chi connectivity index (χ3n) is 4.21. The lowest BCUT2D eigenvalue weighted by atomic mass is 10.1. The summed E-state index contributed by atoms with van der Waals surface area (Å²) in [6, 6.07) is 3.39. The van der Waals surface area contributed by atoms with Crippen molar-refractivity contribution in [2.45, 2.75) is 31.0 Å². The van der Waals surface area contributed by atoms with Crippen molar-refractivity contribution in [2.75, 3.05) is 13.1 Å². The molecule has 0 N–H and O–H groups in total. The fourth-order valence-electron chi connectivity index (χ4n) is 2.61. The molecule has 0 atom stereocenters. The molecule has 0 radical (unpaired) electrons. The number of nitrogens with zero attached hydrogens (tertiary/aromatic N) is 3. The number of alkyl halides is 3. The predicted octanol–water partition coefficient (Wildman–Crippen LogP) is 2.87. The van der Waals surface area contributed by atoms with Crippen LogP contribution in [0.25, 0.3) is 0 Å². The zero-order chi connectivity index (χ0) is 17.6. The maximum Gasteiger partial charge on any atom is 0.416 e. The molecule has 0 unspecified atom stereocenters. The number of likely N-dealkylation sites (tertiary alicyclic amines) is 1. The van der Waals surface area contributed by atoms with E-state index in [-0.39, 0.29) is 30.6 Å². The van der Waals surface area contributed by atoms with E-state index >= 15 is 0 Å². The first kappa shape index (κ1) is 15.9. The second kappa shape index (κ2) is 5.75. The van der Waals surface area contributed by atoms with E-state index in [1.54, 1.807) is 6.07 Å². The molecule has 2 aromatic rings. The Kier molecular flexibility index (Phi) is 3.66. The molecule has 4 rings (SSSR count). The summed E-state index contributed by atoms with van der Waals surface area (Å²) in [7, 11) is 0. The van der Waals surface area contributed by atoms with Crippen LogP contribution in [0.4, 0.5) is 13.2 Å². The quantitative estimate of drug-likeness (QED) is 0.845. The highest BCUT2D eigenvalue weighted by Gasteiger charge is 2.36. The SMILES string of the molecule is O=C(c1cc(C2CC2)on1)N1CC(Oc2cc(C(F)(F)F)ccn2)C1. The van der Waals surface area contributed by atoms with Crippen LogP contribution in [0.1, 0.15) is 40.6 Å². The Bertz CT molecular complexity index is 795. The number of carbonyl (C=O) groups excluding carboxylic acids is 1. The van der Waals surface area contributed by atoms with E-state index in [1.165, 1.54) is 4.90 Å². The van der Waals surface area contributed by atoms with Crippen LogP contribution in [0, 0.1) is 0 Å². The molecule has 2 aromatic heterocycles. The van der Waals surface area contributed by atoms with Crippen molar-refractivity contribution in [3.8, 4) is 5.88 Å². The number of aromatic nitrogens is 2. The van der Waals surface area contributed by atoms with Gasteiger partial charge in [-0.15, -0.1) is 0 Å². The Labute approximate surface area is 140 Å². The van der Waals surface area contributed by atoms with E-state index in [0.717, 1.165) is 36.9 Å². The second-order valence-electron chi connectivity index (χ2n) is 6.22. The molecule has 1 saturated heterocycles. The first-order valence-electron chi connectivity index (χ1n) is 7.86. The van der Waals surface area contributed by atoms with Gasteiger partial charge in [0.05, 0.1) is 18.7 Å². The van der Waals surface area contributed by atoms with E-state index in [9.17, 15) is 18.0 Å². The highest BCUT2D eigenvalue weighted by atomic mass is 19.4. The molecule has 0 aromatic carbocycles. The standard InChI is InChI=1S/C16H14F3N3O3/c17-16(18,19)10-3-4-20-14(5-10)24-11-7-22(8-11)15(23)12-6-13(25-21-12)9-1-2-9/h3-6,9,11H,1-2,7-8H2. The van der Waals surface area contributed by atoms with E-state index < -0.39 is 17.8 Å². The Morgan fingerprint density at radius 2 is 2.04 bits per heavy atom. The summed E-state index contributed by atoms with van der Waals surface area (Å²) in [6.45, 7) is 0.533. The van der Waals surface area contributed by atoms with E-state index in [4.69, 9.17) is 9.26 Å². The van der Waals surface area contributed by atoms with Crippen LogP contribution in [0.15, 0.2) is 28.9 Å². The van der Waals surface area contributed by atoms with Crippen molar-refractivity contribution in [3.05, 3.63) is 41.4 Å².